The highest BCUT2D eigenvalue weighted by atomic mass is 16.3. The van der Waals surface area contributed by atoms with Gasteiger partial charge in [0.15, 0.2) is 0 Å². The molecular weight excluding hydrogens is 212 g/mol. The highest BCUT2D eigenvalue weighted by molar-refractivity contribution is 5.25. The van der Waals surface area contributed by atoms with Crippen molar-refractivity contribution >= 4 is 0 Å². The van der Waals surface area contributed by atoms with Crippen molar-refractivity contribution in [1.82, 2.24) is 0 Å². The zero-order valence-corrected chi connectivity index (χ0v) is 12.5. The van der Waals surface area contributed by atoms with Crippen molar-refractivity contribution in [3.8, 4) is 12.3 Å². The van der Waals surface area contributed by atoms with Gasteiger partial charge in [0, 0.05) is 0 Å². The van der Waals surface area contributed by atoms with E-state index in [4.69, 9.17) is 5.11 Å². The molecule has 0 amide bonds. The molecule has 0 fully saturated rings. The van der Waals surface area contributed by atoms with Crippen LogP contribution in [-0.2, 0) is 0 Å². The molecule has 2 nitrogen and oxygen atoms in total. The maximum atomic E-state index is 9.39. The summed E-state index contributed by atoms with van der Waals surface area (Å²) in [6.07, 6.45) is 7.86. The van der Waals surface area contributed by atoms with Crippen LogP contribution in [0, 0.1) is 12.3 Å². The Labute approximate surface area is 108 Å². The predicted molar refractivity (Wildman–Crippen MR) is 78.9 cm³/mol. The van der Waals surface area contributed by atoms with Crippen LogP contribution in [0.1, 0.15) is 48.5 Å². The van der Waals surface area contributed by atoms with Crippen molar-refractivity contribution in [3.63, 3.8) is 0 Å². The minimum absolute atomic E-state index is 0.279. The number of allylic oxidation sites excluding steroid dienone is 1. The third kappa shape index (κ3) is 17.6. The van der Waals surface area contributed by atoms with E-state index in [0.29, 0.717) is 5.57 Å². The van der Waals surface area contributed by atoms with Gasteiger partial charge in [0.1, 0.15) is 5.60 Å². The Hall–Kier alpha value is -1.04. The van der Waals surface area contributed by atoms with E-state index < -0.39 is 5.60 Å². The van der Waals surface area contributed by atoms with Crippen LogP contribution in [0.4, 0.5) is 0 Å². The van der Waals surface area contributed by atoms with Gasteiger partial charge in [0.25, 0.3) is 0 Å². The number of rotatable bonds is 3. The van der Waals surface area contributed by atoms with E-state index in [-0.39, 0.29) is 6.61 Å². The Morgan fingerprint density at radius 1 is 1.35 bits per heavy atom. The fourth-order valence-electron chi connectivity index (χ4n) is 0.740. The van der Waals surface area contributed by atoms with Crippen molar-refractivity contribution in [3.05, 3.63) is 24.3 Å². The van der Waals surface area contributed by atoms with Gasteiger partial charge in [-0.15, -0.1) is 12.3 Å². The van der Waals surface area contributed by atoms with Gasteiger partial charge in [-0.05, 0) is 26.3 Å². The van der Waals surface area contributed by atoms with E-state index in [2.05, 4.69) is 18.9 Å². The van der Waals surface area contributed by atoms with Crippen molar-refractivity contribution in [2.24, 2.45) is 0 Å². The minimum atomic E-state index is -1.14. The molecule has 0 aliphatic heterocycles. The van der Waals surface area contributed by atoms with Gasteiger partial charge in [-0.1, -0.05) is 46.4 Å². The average molecular weight is 242 g/mol. The lowest BCUT2D eigenvalue weighted by atomic mass is 9.97. The zero-order valence-electron chi connectivity index (χ0n) is 12.5. The summed E-state index contributed by atoms with van der Waals surface area (Å²) in [7, 11) is 0. The maximum Gasteiger partial charge on any atom is 0.109 e. The lowest BCUT2D eigenvalue weighted by Gasteiger charge is -2.21. The van der Waals surface area contributed by atoms with E-state index in [9.17, 15) is 5.11 Å². The summed E-state index contributed by atoms with van der Waals surface area (Å²) in [5.74, 6) is 2.25. The molecule has 0 bridgehead atoms. The molecule has 102 valence electrons. The van der Waals surface area contributed by atoms with Crippen LogP contribution in [0.25, 0.3) is 0 Å². The summed E-state index contributed by atoms with van der Waals surface area (Å²) in [6.45, 7) is 16.2. The molecule has 17 heavy (non-hydrogen) atoms. The standard InChI is InChI=1S/C8H14O2.C3H4.2C2H6/c1-4-7(5-2)8(3,10)6-9;1-3-2;2*1-2/h4-5,9-10H,1,6H2,2-3H3;1H,2H3;2*1-2H3/b7-5+;;;. The molecular formula is C15H30O2. The second-order valence-corrected chi connectivity index (χ2v) is 2.67. The van der Waals surface area contributed by atoms with Crippen LogP contribution in [0.3, 0.4) is 0 Å². The molecule has 0 rings (SSSR count). The second kappa shape index (κ2) is 20.4. The van der Waals surface area contributed by atoms with Crippen LogP contribution in [0.2, 0.25) is 0 Å². The quantitative estimate of drug-likeness (QED) is 0.587. The van der Waals surface area contributed by atoms with Gasteiger partial charge >= 0.3 is 0 Å². The van der Waals surface area contributed by atoms with Crippen LogP contribution < -0.4 is 0 Å². The van der Waals surface area contributed by atoms with Crippen LogP contribution >= 0.6 is 0 Å². The largest absolute Gasteiger partial charge is 0.393 e. The Kier molecular flexibility index (Phi) is 29.9. The Morgan fingerprint density at radius 2 is 1.65 bits per heavy atom. The lowest BCUT2D eigenvalue weighted by molar-refractivity contribution is 0.0362. The smallest absolute Gasteiger partial charge is 0.109 e. The van der Waals surface area contributed by atoms with Crippen LogP contribution in [0.5, 0.6) is 0 Å². The fraction of sp³-hybridized carbons (Fsp3) is 0.600. The summed E-state index contributed by atoms with van der Waals surface area (Å²) in [5, 5.41) is 18.1. The Bertz CT molecular complexity index is 207. The van der Waals surface area contributed by atoms with Gasteiger partial charge < -0.3 is 10.2 Å². The normalized spacial score (nSPS) is 11.9. The molecule has 0 saturated carbocycles. The molecule has 0 aliphatic rings. The monoisotopic (exact) mass is 242 g/mol. The van der Waals surface area contributed by atoms with E-state index >= 15 is 0 Å². The van der Waals surface area contributed by atoms with E-state index in [1.807, 2.05) is 27.7 Å². The first-order valence-corrected chi connectivity index (χ1v) is 6.00. The number of hydrogen-bond donors (Lipinski definition) is 2. The number of hydrogen-bond acceptors (Lipinski definition) is 2. The summed E-state index contributed by atoms with van der Waals surface area (Å²) in [4.78, 5) is 0. The van der Waals surface area contributed by atoms with E-state index in [0.717, 1.165) is 0 Å². The van der Waals surface area contributed by atoms with Gasteiger partial charge in [0.2, 0.25) is 0 Å². The van der Waals surface area contributed by atoms with E-state index in [1.54, 1.807) is 26.8 Å². The average Bonchev–Trinajstić information content (AvgIpc) is 2.36. The first-order valence-electron chi connectivity index (χ1n) is 6.00. The van der Waals surface area contributed by atoms with Gasteiger partial charge in [-0.2, -0.15) is 0 Å². The number of aliphatic hydroxyl groups excluding tert-OH is 1. The van der Waals surface area contributed by atoms with E-state index in [1.165, 1.54) is 6.08 Å². The van der Waals surface area contributed by atoms with Gasteiger partial charge in [-0.25, -0.2) is 0 Å². The molecule has 0 aromatic heterocycles. The fourth-order valence-corrected chi connectivity index (χ4v) is 0.740. The van der Waals surface area contributed by atoms with Crippen molar-refractivity contribution in [1.29, 1.82) is 0 Å². The summed E-state index contributed by atoms with van der Waals surface area (Å²) in [5.41, 5.74) is -0.494. The first-order chi connectivity index (χ1) is 7.99. The molecule has 0 saturated heterocycles. The molecule has 0 aliphatic carbocycles. The van der Waals surface area contributed by atoms with Crippen molar-refractivity contribution in [2.75, 3.05) is 6.61 Å². The first kappa shape index (κ1) is 25.0. The highest BCUT2D eigenvalue weighted by Crippen LogP contribution is 2.15. The van der Waals surface area contributed by atoms with Crippen molar-refractivity contribution < 1.29 is 10.2 Å². The summed E-state index contributed by atoms with van der Waals surface area (Å²) in [6, 6.07) is 0. The molecule has 0 aromatic rings. The topological polar surface area (TPSA) is 40.5 Å². The zero-order chi connectivity index (χ0) is 14.9. The van der Waals surface area contributed by atoms with Gasteiger partial charge in [0.05, 0.1) is 6.61 Å². The van der Waals surface area contributed by atoms with Gasteiger partial charge in [-0.3, -0.25) is 0 Å². The van der Waals surface area contributed by atoms with Crippen LogP contribution in [-0.4, -0.2) is 22.4 Å². The third-order valence-electron chi connectivity index (χ3n) is 1.46. The number of terminal acetylenes is 1. The molecule has 0 radical (unpaired) electrons. The second-order valence-electron chi connectivity index (χ2n) is 2.67. The molecule has 1 atom stereocenters. The molecule has 0 spiro atoms. The number of aliphatic hydroxyl groups is 2. The molecule has 2 N–H and O–H groups in total. The minimum Gasteiger partial charge on any atom is -0.393 e. The van der Waals surface area contributed by atoms with Crippen molar-refractivity contribution in [2.45, 2.75) is 54.1 Å². The van der Waals surface area contributed by atoms with Crippen LogP contribution in [0.15, 0.2) is 24.3 Å². The molecule has 0 aromatic carbocycles. The predicted octanol–water partition coefficient (Wildman–Crippen LogP) is 3.55. The molecule has 1 unspecified atom stereocenters. The summed E-state index contributed by atoms with van der Waals surface area (Å²) >= 11 is 0. The Morgan fingerprint density at radius 3 is 1.71 bits per heavy atom. The Balaban J connectivity index is -0.000000102. The summed E-state index contributed by atoms with van der Waals surface area (Å²) < 4.78 is 0. The highest BCUT2D eigenvalue weighted by Gasteiger charge is 2.21. The SMILES string of the molecule is C#CC.C=C/C(=C\C)C(C)(O)CO.CC.CC. The maximum absolute atomic E-state index is 9.39. The lowest BCUT2D eigenvalue weighted by Crippen LogP contribution is -2.30. The third-order valence-corrected chi connectivity index (χ3v) is 1.46. The molecule has 0 heterocycles. The molecule has 2 heteroatoms.